The topological polar surface area (TPSA) is 101 Å². The molecule has 19 heavy (non-hydrogen) atoms. The Labute approximate surface area is 112 Å². The summed E-state index contributed by atoms with van der Waals surface area (Å²) in [6.07, 6.45) is 0.253. The van der Waals surface area contributed by atoms with E-state index in [-0.39, 0.29) is 24.8 Å². The first-order valence-corrected chi connectivity index (χ1v) is 7.88. The zero-order valence-electron chi connectivity index (χ0n) is 11.0. The average molecular weight is 293 g/mol. The van der Waals surface area contributed by atoms with Gasteiger partial charge in [-0.15, -0.1) is 0 Å². The number of rotatable bonds is 6. The molecule has 2 unspecified atom stereocenters. The predicted octanol–water partition coefficient (Wildman–Crippen LogP) is -0.488. The summed E-state index contributed by atoms with van der Waals surface area (Å²) in [5.74, 6) is -2.51. The van der Waals surface area contributed by atoms with Gasteiger partial charge >= 0.3 is 5.97 Å². The Morgan fingerprint density at radius 2 is 2.05 bits per heavy atom. The zero-order chi connectivity index (χ0) is 14.6. The summed E-state index contributed by atoms with van der Waals surface area (Å²) in [5, 5.41) is 9.05. The van der Waals surface area contributed by atoms with Crippen LogP contribution in [0.1, 0.15) is 19.8 Å². The van der Waals surface area contributed by atoms with Gasteiger partial charge in [0.1, 0.15) is 11.8 Å². The monoisotopic (exact) mass is 293 g/mol. The second-order valence-corrected chi connectivity index (χ2v) is 6.77. The lowest BCUT2D eigenvalue weighted by molar-refractivity contribution is -0.147. The number of likely N-dealkylation sites (tertiary alicyclic amines) is 1. The summed E-state index contributed by atoms with van der Waals surface area (Å²) < 4.78 is 28.2. The largest absolute Gasteiger partial charge is 0.480 e. The van der Waals surface area contributed by atoms with Crippen molar-refractivity contribution in [1.29, 1.82) is 0 Å². The van der Waals surface area contributed by atoms with Gasteiger partial charge in [0, 0.05) is 20.1 Å². The fraction of sp³-hybridized carbons (Fsp3) is 0.818. The van der Waals surface area contributed by atoms with E-state index in [1.165, 1.54) is 7.11 Å². The van der Waals surface area contributed by atoms with Crippen LogP contribution in [0.5, 0.6) is 0 Å². The Bertz CT molecular complexity index is 446. The van der Waals surface area contributed by atoms with Gasteiger partial charge in [0.05, 0.1) is 11.9 Å². The number of methoxy groups -OCH3 is 1. The lowest BCUT2D eigenvalue weighted by Gasteiger charge is -2.21. The molecule has 0 aliphatic carbocycles. The number of sulfone groups is 1. The Hall–Kier alpha value is -1.15. The molecule has 7 nitrogen and oxygen atoms in total. The fourth-order valence-corrected chi connectivity index (χ4v) is 3.44. The minimum Gasteiger partial charge on any atom is -0.480 e. The maximum absolute atomic E-state index is 11.9. The molecule has 1 fully saturated rings. The van der Waals surface area contributed by atoms with Crippen LogP contribution < -0.4 is 0 Å². The molecule has 0 aromatic rings. The third kappa shape index (κ3) is 4.17. The van der Waals surface area contributed by atoms with Gasteiger partial charge in [-0.1, -0.05) is 6.92 Å². The van der Waals surface area contributed by atoms with E-state index < -0.39 is 33.5 Å². The van der Waals surface area contributed by atoms with Crippen LogP contribution in [0.15, 0.2) is 0 Å². The van der Waals surface area contributed by atoms with Gasteiger partial charge in [-0.3, -0.25) is 4.79 Å². The van der Waals surface area contributed by atoms with Crippen molar-refractivity contribution >= 4 is 21.7 Å². The van der Waals surface area contributed by atoms with E-state index in [0.717, 1.165) is 4.90 Å². The van der Waals surface area contributed by atoms with Crippen molar-refractivity contribution in [3.63, 3.8) is 0 Å². The van der Waals surface area contributed by atoms with E-state index in [2.05, 4.69) is 0 Å². The van der Waals surface area contributed by atoms with E-state index >= 15 is 0 Å². The summed E-state index contributed by atoms with van der Waals surface area (Å²) in [4.78, 5) is 24.1. The van der Waals surface area contributed by atoms with Crippen molar-refractivity contribution < 1.29 is 27.9 Å². The number of carbonyl (C=O) groups excluding carboxylic acids is 1. The van der Waals surface area contributed by atoms with Crippen LogP contribution in [0.3, 0.4) is 0 Å². The van der Waals surface area contributed by atoms with E-state index in [4.69, 9.17) is 9.84 Å². The van der Waals surface area contributed by atoms with Crippen molar-refractivity contribution in [3.05, 3.63) is 0 Å². The van der Waals surface area contributed by atoms with Crippen LogP contribution in [-0.4, -0.2) is 67.6 Å². The first-order valence-electron chi connectivity index (χ1n) is 6.06. The van der Waals surface area contributed by atoms with E-state index in [9.17, 15) is 18.0 Å². The summed E-state index contributed by atoms with van der Waals surface area (Å²) in [6, 6.07) is -1.01. The Morgan fingerprint density at radius 1 is 1.42 bits per heavy atom. The Balaban J connectivity index is 2.77. The fourth-order valence-electron chi connectivity index (χ4n) is 2.13. The smallest absolute Gasteiger partial charge is 0.326 e. The van der Waals surface area contributed by atoms with Crippen LogP contribution in [0.25, 0.3) is 0 Å². The standard InChI is InChI=1S/C11H19NO6S/c1-3-4-19(16,17)7-10(13)12-6-8(18-2)5-9(12)11(14)15/h8-9H,3-7H2,1-2H3,(H,14,15). The molecule has 0 aromatic carbocycles. The number of hydrogen-bond acceptors (Lipinski definition) is 5. The van der Waals surface area contributed by atoms with Crippen LogP contribution in [-0.2, 0) is 24.2 Å². The minimum absolute atomic E-state index is 0.0714. The van der Waals surface area contributed by atoms with Crippen LogP contribution >= 0.6 is 0 Å². The summed E-state index contributed by atoms with van der Waals surface area (Å²) in [5.41, 5.74) is 0. The first-order chi connectivity index (χ1) is 8.80. The first kappa shape index (κ1) is 15.9. The van der Waals surface area contributed by atoms with Crippen LogP contribution in [0.4, 0.5) is 0 Å². The van der Waals surface area contributed by atoms with Crippen molar-refractivity contribution in [2.24, 2.45) is 0 Å². The molecule has 1 heterocycles. The van der Waals surface area contributed by atoms with E-state index in [1.807, 2.05) is 0 Å². The summed E-state index contributed by atoms with van der Waals surface area (Å²) >= 11 is 0. The highest BCUT2D eigenvalue weighted by Crippen LogP contribution is 2.20. The Morgan fingerprint density at radius 3 is 2.53 bits per heavy atom. The van der Waals surface area contributed by atoms with Crippen LogP contribution in [0.2, 0.25) is 0 Å². The molecule has 1 N–H and O–H groups in total. The van der Waals surface area contributed by atoms with Crippen LogP contribution in [0, 0.1) is 0 Å². The highest BCUT2D eigenvalue weighted by atomic mass is 32.2. The normalized spacial score (nSPS) is 23.6. The number of carbonyl (C=O) groups is 2. The lowest BCUT2D eigenvalue weighted by atomic mass is 10.2. The number of aliphatic carboxylic acids is 1. The number of carboxylic acid groups (broad SMARTS) is 1. The molecule has 2 atom stereocenters. The molecule has 1 saturated heterocycles. The van der Waals surface area contributed by atoms with Gasteiger partial charge in [-0.2, -0.15) is 0 Å². The maximum Gasteiger partial charge on any atom is 0.326 e. The number of carboxylic acids is 1. The molecule has 1 amide bonds. The Kier molecular flexibility index (Phi) is 5.30. The highest BCUT2D eigenvalue weighted by molar-refractivity contribution is 7.92. The molecule has 8 heteroatoms. The molecule has 0 radical (unpaired) electrons. The molecule has 0 aromatic heterocycles. The second kappa shape index (κ2) is 6.33. The molecule has 0 saturated carbocycles. The van der Waals surface area contributed by atoms with Gasteiger partial charge < -0.3 is 14.7 Å². The molecule has 0 spiro atoms. The van der Waals surface area contributed by atoms with E-state index in [0.29, 0.717) is 6.42 Å². The van der Waals surface area contributed by atoms with Gasteiger partial charge in [-0.25, -0.2) is 13.2 Å². The molecular weight excluding hydrogens is 274 g/mol. The number of ether oxygens (including phenoxy) is 1. The van der Waals surface area contributed by atoms with Crippen molar-refractivity contribution in [1.82, 2.24) is 4.90 Å². The van der Waals surface area contributed by atoms with E-state index in [1.54, 1.807) is 6.92 Å². The molecule has 0 bridgehead atoms. The number of hydrogen-bond donors (Lipinski definition) is 1. The highest BCUT2D eigenvalue weighted by Gasteiger charge is 2.40. The van der Waals surface area contributed by atoms with Gasteiger partial charge in [0.25, 0.3) is 0 Å². The molecule has 1 rings (SSSR count). The third-order valence-corrected chi connectivity index (χ3v) is 4.78. The predicted molar refractivity (Wildman–Crippen MR) is 67.5 cm³/mol. The van der Waals surface area contributed by atoms with Gasteiger partial charge in [-0.05, 0) is 6.42 Å². The zero-order valence-corrected chi connectivity index (χ0v) is 11.9. The van der Waals surface area contributed by atoms with Gasteiger partial charge in [0.15, 0.2) is 9.84 Å². The average Bonchev–Trinajstić information content (AvgIpc) is 2.72. The number of amides is 1. The summed E-state index contributed by atoms with van der Waals surface area (Å²) in [7, 11) is -2.03. The minimum atomic E-state index is -3.47. The van der Waals surface area contributed by atoms with Gasteiger partial charge in [0.2, 0.25) is 5.91 Å². The number of nitrogens with zero attached hydrogens (tertiary/aromatic N) is 1. The molecular formula is C11H19NO6S. The molecule has 110 valence electrons. The quantitative estimate of drug-likeness (QED) is 0.709. The third-order valence-electron chi connectivity index (χ3n) is 3.06. The van der Waals surface area contributed by atoms with Crippen molar-refractivity contribution in [2.75, 3.05) is 25.2 Å². The SMILES string of the molecule is CCCS(=O)(=O)CC(=O)N1CC(OC)CC1C(=O)O. The molecule has 1 aliphatic rings. The lowest BCUT2D eigenvalue weighted by Crippen LogP contribution is -2.43. The second-order valence-electron chi connectivity index (χ2n) is 4.59. The summed E-state index contributed by atoms with van der Waals surface area (Å²) in [6.45, 7) is 1.83. The van der Waals surface area contributed by atoms with Crippen molar-refractivity contribution in [3.8, 4) is 0 Å². The molecule has 1 aliphatic heterocycles. The maximum atomic E-state index is 11.9. The van der Waals surface area contributed by atoms with Crippen molar-refractivity contribution in [2.45, 2.75) is 31.9 Å².